The van der Waals surface area contributed by atoms with E-state index in [1.807, 2.05) is 30.3 Å². The second kappa shape index (κ2) is 5.61. The first-order valence-corrected chi connectivity index (χ1v) is 6.61. The second-order valence-electron chi connectivity index (χ2n) is 4.62. The van der Waals surface area contributed by atoms with Gasteiger partial charge in [-0.05, 0) is 6.07 Å². The Morgan fingerprint density at radius 3 is 2.18 bits per heavy atom. The number of carbonyl (C=O) groups excluding carboxylic acids is 1. The molecule has 2 aromatic carbocycles. The number of hydrogen-bond donors (Lipinski definition) is 2. The summed E-state index contributed by atoms with van der Waals surface area (Å²) in [5.74, 6) is 0.307. The van der Waals surface area contributed by atoms with Gasteiger partial charge in [0.2, 0.25) is 11.9 Å². The maximum absolute atomic E-state index is 11.6. The number of amides is 1. The van der Waals surface area contributed by atoms with Crippen LogP contribution in [0.2, 0.25) is 0 Å². The van der Waals surface area contributed by atoms with E-state index in [0.29, 0.717) is 22.8 Å². The molecule has 0 aliphatic rings. The third-order valence-electron chi connectivity index (χ3n) is 3.12. The Balaban J connectivity index is 2.17. The fourth-order valence-electron chi connectivity index (χ4n) is 2.12. The van der Waals surface area contributed by atoms with Gasteiger partial charge in [-0.3, -0.25) is 4.79 Å². The van der Waals surface area contributed by atoms with Crippen molar-refractivity contribution in [2.24, 2.45) is 5.73 Å². The first-order valence-electron chi connectivity index (χ1n) is 6.61. The first kappa shape index (κ1) is 13.7. The van der Waals surface area contributed by atoms with Crippen LogP contribution >= 0.6 is 0 Å². The normalized spacial score (nSPS) is 10.4. The fourth-order valence-corrected chi connectivity index (χ4v) is 2.12. The Morgan fingerprint density at radius 2 is 1.45 bits per heavy atom. The van der Waals surface area contributed by atoms with Crippen LogP contribution < -0.4 is 11.5 Å². The molecule has 0 unspecified atom stereocenters. The lowest BCUT2D eigenvalue weighted by Gasteiger charge is -2.08. The smallest absolute Gasteiger partial charge is 0.249 e. The maximum Gasteiger partial charge on any atom is 0.249 e. The molecular weight excluding hydrogens is 278 g/mol. The molecule has 3 aromatic rings. The number of primary amides is 1. The quantitative estimate of drug-likeness (QED) is 0.766. The highest BCUT2D eigenvalue weighted by atomic mass is 16.1. The molecule has 0 saturated heterocycles. The van der Waals surface area contributed by atoms with Crippen LogP contribution in [0.1, 0.15) is 10.4 Å². The molecule has 22 heavy (non-hydrogen) atoms. The lowest BCUT2D eigenvalue weighted by molar-refractivity contribution is 0.100. The first-order chi connectivity index (χ1) is 10.6. The lowest BCUT2D eigenvalue weighted by atomic mass is 10.1. The molecule has 0 aliphatic carbocycles. The van der Waals surface area contributed by atoms with Gasteiger partial charge in [0.1, 0.15) is 0 Å². The predicted octanol–water partition coefficient (Wildman–Crippen LogP) is 1.89. The minimum atomic E-state index is -0.546. The Morgan fingerprint density at radius 1 is 0.818 bits per heavy atom. The summed E-state index contributed by atoms with van der Waals surface area (Å²) >= 11 is 0. The maximum atomic E-state index is 11.6. The van der Waals surface area contributed by atoms with Crippen LogP contribution in [0.25, 0.3) is 22.8 Å². The monoisotopic (exact) mass is 291 g/mol. The third kappa shape index (κ3) is 2.62. The van der Waals surface area contributed by atoms with Crippen molar-refractivity contribution in [1.29, 1.82) is 0 Å². The largest absolute Gasteiger partial charge is 0.368 e. The number of benzene rings is 2. The van der Waals surface area contributed by atoms with Crippen molar-refractivity contribution in [3.63, 3.8) is 0 Å². The Labute approximate surface area is 126 Å². The van der Waals surface area contributed by atoms with E-state index in [-0.39, 0.29) is 5.95 Å². The molecule has 0 atom stereocenters. The minimum absolute atomic E-state index is 0.0862. The van der Waals surface area contributed by atoms with Gasteiger partial charge in [-0.2, -0.15) is 9.97 Å². The molecule has 1 amide bonds. The van der Waals surface area contributed by atoms with Crippen LogP contribution in [0.5, 0.6) is 0 Å². The van der Waals surface area contributed by atoms with Gasteiger partial charge in [0.25, 0.3) is 0 Å². The van der Waals surface area contributed by atoms with Crippen molar-refractivity contribution in [3.8, 4) is 22.8 Å². The number of hydrogen-bond acceptors (Lipinski definition) is 5. The average Bonchev–Trinajstić information content (AvgIpc) is 2.55. The summed E-state index contributed by atoms with van der Waals surface area (Å²) in [6.07, 6.45) is 0. The molecule has 1 heterocycles. The van der Waals surface area contributed by atoms with Crippen molar-refractivity contribution in [2.45, 2.75) is 0 Å². The van der Waals surface area contributed by atoms with Gasteiger partial charge >= 0.3 is 0 Å². The molecule has 4 N–H and O–H groups in total. The van der Waals surface area contributed by atoms with Crippen molar-refractivity contribution in [2.75, 3.05) is 5.73 Å². The molecule has 6 heteroatoms. The molecule has 0 bridgehead atoms. The molecule has 3 rings (SSSR count). The van der Waals surface area contributed by atoms with Gasteiger partial charge in [0.15, 0.2) is 11.6 Å². The Bertz CT molecular complexity index is 833. The highest BCUT2D eigenvalue weighted by molar-refractivity contribution is 5.99. The summed E-state index contributed by atoms with van der Waals surface area (Å²) in [5, 5.41) is 0. The average molecular weight is 291 g/mol. The standard InChI is InChI=1S/C16H13N5O/c17-13(22)11-8-4-5-9-12(11)15-19-14(20-16(18)21-15)10-6-2-1-3-7-10/h1-9H,(H2,17,22)(H2,18,19,20,21). The van der Waals surface area contributed by atoms with E-state index >= 15 is 0 Å². The van der Waals surface area contributed by atoms with E-state index in [2.05, 4.69) is 15.0 Å². The van der Waals surface area contributed by atoms with Crippen molar-refractivity contribution >= 4 is 11.9 Å². The highest BCUT2D eigenvalue weighted by Gasteiger charge is 2.14. The summed E-state index contributed by atoms with van der Waals surface area (Å²) in [4.78, 5) is 24.2. The Kier molecular flexibility index (Phi) is 3.49. The summed E-state index contributed by atoms with van der Waals surface area (Å²) < 4.78 is 0. The second-order valence-corrected chi connectivity index (χ2v) is 4.62. The van der Waals surface area contributed by atoms with Crippen LogP contribution in [-0.2, 0) is 0 Å². The number of nitrogens with zero attached hydrogens (tertiary/aromatic N) is 3. The molecule has 0 fully saturated rings. The van der Waals surface area contributed by atoms with Crippen LogP contribution in [-0.4, -0.2) is 20.9 Å². The lowest BCUT2D eigenvalue weighted by Crippen LogP contribution is -2.13. The summed E-state index contributed by atoms with van der Waals surface area (Å²) in [6, 6.07) is 16.3. The fraction of sp³-hybridized carbons (Fsp3) is 0. The van der Waals surface area contributed by atoms with Crippen LogP contribution in [0, 0.1) is 0 Å². The zero-order chi connectivity index (χ0) is 15.5. The topological polar surface area (TPSA) is 108 Å². The molecule has 1 aromatic heterocycles. The van der Waals surface area contributed by atoms with Gasteiger partial charge in [0.05, 0.1) is 5.56 Å². The minimum Gasteiger partial charge on any atom is -0.368 e. The zero-order valence-corrected chi connectivity index (χ0v) is 11.6. The van der Waals surface area contributed by atoms with Crippen molar-refractivity contribution < 1.29 is 4.79 Å². The SMILES string of the molecule is NC(=O)c1ccccc1-c1nc(N)nc(-c2ccccc2)n1. The van der Waals surface area contributed by atoms with Crippen LogP contribution in [0.4, 0.5) is 5.95 Å². The molecule has 0 saturated carbocycles. The zero-order valence-electron chi connectivity index (χ0n) is 11.6. The highest BCUT2D eigenvalue weighted by Crippen LogP contribution is 2.23. The predicted molar refractivity (Wildman–Crippen MR) is 83.6 cm³/mol. The van der Waals surface area contributed by atoms with Gasteiger partial charge in [-0.15, -0.1) is 0 Å². The number of rotatable bonds is 3. The number of nitrogen functional groups attached to an aromatic ring is 1. The number of anilines is 1. The number of nitrogens with two attached hydrogens (primary N) is 2. The van der Waals surface area contributed by atoms with E-state index in [9.17, 15) is 4.79 Å². The molecular formula is C16H13N5O. The van der Waals surface area contributed by atoms with Crippen LogP contribution in [0.15, 0.2) is 54.6 Å². The molecule has 108 valence electrons. The van der Waals surface area contributed by atoms with Crippen LogP contribution in [0.3, 0.4) is 0 Å². The van der Waals surface area contributed by atoms with E-state index in [1.54, 1.807) is 24.3 Å². The molecule has 0 radical (unpaired) electrons. The molecule has 0 aliphatic heterocycles. The van der Waals surface area contributed by atoms with Gasteiger partial charge in [-0.25, -0.2) is 4.98 Å². The van der Waals surface area contributed by atoms with E-state index in [4.69, 9.17) is 11.5 Å². The van der Waals surface area contributed by atoms with E-state index in [0.717, 1.165) is 5.56 Å². The van der Waals surface area contributed by atoms with E-state index in [1.165, 1.54) is 0 Å². The van der Waals surface area contributed by atoms with Gasteiger partial charge in [-0.1, -0.05) is 48.5 Å². The van der Waals surface area contributed by atoms with Crippen molar-refractivity contribution in [1.82, 2.24) is 15.0 Å². The third-order valence-corrected chi connectivity index (χ3v) is 3.12. The Hall–Kier alpha value is -3.28. The molecule has 0 spiro atoms. The molecule has 6 nitrogen and oxygen atoms in total. The van der Waals surface area contributed by atoms with Crippen molar-refractivity contribution in [3.05, 3.63) is 60.2 Å². The number of aromatic nitrogens is 3. The van der Waals surface area contributed by atoms with Gasteiger partial charge < -0.3 is 11.5 Å². The summed E-state index contributed by atoms with van der Waals surface area (Å²) in [5.41, 5.74) is 12.9. The van der Waals surface area contributed by atoms with Gasteiger partial charge in [0, 0.05) is 11.1 Å². The summed E-state index contributed by atoms with van der Waals surface area (Å²) in [7, 11) is 0. The van der Waals surface area contributed by atoms with E-state index < -0.39 is 5.91 Å². The summed E-state index contributed by atoms with van der Waals surface area (Å²) in [6.45, 7) is 0. The number of carbonyl (C=O) groups is 1.